The second kappa shape index (κ2) is 39.1. The highest BCUT2D eigenvalue weighted by molar-refractivity contribution is 5.83. The number of aliphatic carboxylic acids is 1. The zero-order valence-corrected chi connectivity index (χ0v) is 33.5. The van der Waals surface area contributed by atoms with Crippen LogP contribution in [-0.4, -0.2) is 41.6 Å². The summed E-state index contributed by atoms with van der Waals surface area (Å²) in [5, 5.41) is 11.9. The topological polar surface area (TPSA) is 119 Å². The van der Waals surface area contributed by atoms with Crippen molar-refractivity contribution in [2.75, 3.05) is 6.54 Å². The van der Waals surface area contributed by atoms with Gasteiger partial charge in [-0.15, -0.1) is 0 Å². The van der Waals surface area contributed by atoms with Crippen LogP contribution in [0.5, 0.6) is 0 Å². The average Bonchev–Trinajstić information content (AvgIpc) is 3.11. The summed E-state index contributed by atoms with van der Waals surface area (Å²) in [7, 11) is 0. The number of esters is 1. The minimum atomic E-state index is -1.01. The molecule has 1 amide bonds. The Labute approximate surface area is 314 Å². The van der Waals surface area contributed by atoms with Gasteiger partial charge in [0.15, 0.2) is 0 Å². The standard InChI is InChI=1S/C44H82N2O5/c1-3-5-7-9-11-13-15-16-17-18-19-20-22-25-29-34-40(51-43(48)38-32-28-23-21-14-12-10-8-6-4-2)35-30-26-24-27-31-37-42(47)46-41(44(49)50)36-33-39-45/h8,10,18-19,40-41H,3-7,9,11-17,20-39,45H2,1-2H3,(H,46,47)(H,49,50)/b10-8-,19-18-. The number of carboxylic acid groups (broad SMARTS) is 1. The third kappa shape index (κ3) is 36.0. The summed E-state index contributed by atoms with van der Waals surface area (Å²) in [6.45, 7) is 4.89. The largest absolute Gasteiger partial charge is 0.480 e. The fraction of sp³-hybridized carbons (Fsp3) is 0.841. The van der Waals surface area contributed by atoms with Crippen LogP contribution in [0.4, 0.5) is 0 Å². The lowest BCUT2D eigenvalue weighted by atomic mass is 10.0. The van der Waals surface area contributed by atoms with Crippen molar-refractivity contribution in [1.82, 2.24) is 5.32 Å². The van der Waals surface area contributed by atoms with Crippen molar-refractivity contribution in [3.8, 4) is 0 Å². The average molecular weight is 719 g/mol. The van der Waals surface area contributed by atoms with Crippen LogP contribution in [0.2, 0.25) is 0 Å². The minimum absolute atomic E-state index is 0.00262. The summed E-state index contributed by atoms with van der Waals surface area (Å²) in [6, 6.07) is -0.857. The van der Waals surface area contributed by atoms with E-state index in [-0.39, 0.29) is 18.0 Å². The first-order valence-electron chi connectivity index (χ1n) is 21.7. The summed E-state index contributed by atoms with van der Waals surface area (Å²) in [5.74, 6) is -1.25. The van der Waals surface area contributed by atoms with Crippen LogP contribution in [0.25, 0.3) is 0 Å². The third-order valence-corrected chi connectivity index (χ3v) is 9.72. The Bertz CT molecular complexity index is 858. The maximum atomic E-state index is 12.7. The molecule has 0 aliphatic heterocycles. The molecule has 0 saturated carbocycles. The van der Waals surface area contributed by atoms with Gasteiger partial charge in [-0.05, 0) is 103 Å². The van der Waals surface area contributed by atoms with E-state index >= 15 is 0 Å². The molecule has 0 fully saturated rings. The van der Waals surface area contributed by atoms with Crippen molar-refractivity contribution in [1.29, 1.82) is 0 Å². The van der Waals surface area contributed by atoms with E-state index in [2.05, 4.69) is 43.5 Å². The van der Waals surface area contributed by atoms with Gasteiger partial charge < -0.3 is 20.9 Å². The van der Waals surface area contributed by atoms with Crippen molar-refractivity contribution >= 4 is 17.8 Å². The number of hydrogen-bond acceptors (Lipinski definition) is 5. The molecule has 0 saturated heterocycles. The number of carboxylic acids is 1. The van der Waals surface area contributed by atoms with Gasteiger partial charge in [-0.25, -0.2) is 4.79 Å². The highest BCUT2D eigenvalue weighted by Crippen LogP contribution is 2.18. The summed E-state index contributed by atoms with van der Waals surface area (Å²) in [5.41, 5.74) is 5.48. The zero-order valence-electron chi connectivity index (χ0n) is 33.5. The number of carbonyl (C=O) groups is 3. The summed E-state index contributed by atoms with van der Waals surface area (Å²) in [6.07, 6.45) is 43.6. The van der Waals surface area contributed by atoms with Crippen LogP contribution in [0.1, 0.15) is 219 Å². The van der Waals surface area contributed by atoms with E-state index in [1.807, 2.05) is 0 Å². The first-order chi connectivity index (χ1) is 24.9. The van der Waals surface area contributed by atoms with Gasteiger partial charge >= 0.3 is 11.9 Å². The Morgan fingerprint density at radius 2 is 1.00 bits per heavy atom. The molecule has 4 N–H and O–H groups in total. The Morgan fingerprint density at radius 1 is 0.549 bits per heavy atom. The number of amides is 1. The van der Waals surface area contributed by atoms with Crippen LogP contribution in [-0.2, 0) is 19.1 Å². The van der Waals surface area contributed by atoms with Gasteiger partial charge in [-0.3, -0.25) is 9.59 Å². The van der Waals surface area contributed by atoms with Crippen LogP contribution in [0, 0.1) is 0 Å². The molecule has 0 aromatic heterocycles. The SMILES string of the molecule is CCC/C=C\CCCCCCCC(=O)OC(CCCCC/C=C\CCCCCCCCCC)CCCCCCCC(=O)NC(CCCN)C(=O)O. The molecule has 2 unspecified atom stereocenters. The van der Waals surface area contributed by atoms with Crippen molar-refractivity contribution in [3.05, 3.63) is 24.3 Å². The Morgan fingerprint density at radius 3 is 1.51 bits per heavy atom. The predicted octanol–water partition coefficient (Wildman–Crippen LogP) is 12.1. The molecule has 0 aliphatic carbocycles. The lowest BCUT2D eigenvalue weighted by molar-refractivity contribution is -0.150. The van der Waals surface area contributed by atoms with E-state index in [4.69, 9.17) is 10.5 Å². The first kappa shape index (κ1) is 48.9. The molecule has 0 radical (unpaired) electrons. The van der Waals surface area contributed by atoms with E-state index < -0.39 is 12.0 Å². The molecule has 0 spiro atoms. The Hall–Kier alpha value is -2.15. The third-order valence-electron chi connectivity index (χ3n) is 9.72. The highest BCUT2D eigenvalue weighted by Gasteiger charge is 2.19. The number of rotatable bonds is 39. The molecule has 2 atom stereocenters. The fourth-order valence-electron chi connectivity index (χ4n) is 6.45. The number of allylic oxidation sites excluding steroid dienone is 4. The summed E-state index contributed by atoms with van der Waals surface area (Å²) in [4.78, 5) is 36.3. The monoisotopic (exact) mass is 719 g/mol. The van der Waals surface area contributed by atoms with Gasteiger partial charge in [0.25, 0.3) is 0 Å². The number of unbranched alkanes of at least 4 members (excludes halogenated alkanes) is 21. The molecule has 0 aliphatic rings. The van der Waals surface area contributed by atoms with Crippen LogP contribution < -0.4 is 11.1 Å². The van der Waals surface area contributed by atoms with Gasteiger partial charge in [0, 0.05) is 12.8 Å². The minimum Gasteiger partial charge on any atom is -0.480 e. The lowest BCUT2D eigenvalue weighted by Gasteiger charge is -2.18. The molecular formula is C44H82N2O5. The second-order valence-electron chi connectivity index (χ2n) is 14.7. The summed E-state index contributed by atoms with van der Waals surface area (Å²) >= 11 is 0. The van der Waals surface area contributed by atoms with Gasteiger partial charge in [0.2, 0.25) is 5.91 Å². The molecule has 0 rings (SSSR count). The van der Waals surface area contributed by atoms with Crippen molar-refractivity contribution in [2.24, 2.45) is 5.73 Å². The first-order valence-corrected chi connectivity index (χ1v) is 21.7. The van der Waals surface area contributed by atoms with Gasteiger partial charge in [0.1, 0.15) is 12.1 Å². The molecule has 0 bridgehead atoms. The van der Waals surface area contributed by atoms with Gasteiger partial charge in [-0.2, -0.15) is 0 Å². The second-order valence-corrected chi connectivity index (χ2v) is 14.7. The molecule has 0 aromatic carbocycles. The molecule has 51 heavy (non-hydrogen) atoms. The number of carbonyl (C=O) groups excluding carboxylic acids is 2. The van der Waals surface area contributed by atoms with Crippen LogP contribution >= 0.6 is 0 Å². The van der Waals surface area contributed by atoms with E-state index in [1.54, 1.807) is 0 Å². The highest BCUT2D eigenvalue weighted by atomic mass is 16.5. The van der Waals surface area contributed by atoms with E-state index in [1.165, 1.54) is 103 Å². The quantitative estimate of drug-likeness (QED) is 0.0331. The number of nitrogens with one attached hydrogen (secondary N) is 1. The van der Waals surface area contributed by atoms with Gasteiger partial charge in [-0.1, -0.05) is 134 Å². The number of ether oxygens (including phenoxy) is 1. The maximum Gasteiger partial charge on any atom is 0.326 e. The Kier molecular flexibility index (Phi) is 37.4. The number of nitrogens with two attached hydrogens (primary N) is 1. The summed E-state index contributed by atoms with van der Waals surface area (Å²) < 4.78 is 6.02. The van der Waals surface area contributed by atoms with E-state index in [0.717, 1.165) is 77.0 Å². The molecular weight excluding hydrogens is 636 g/mol. The molecule has 7 nitrogen and oxygen atoms in total. The van der Waals surface area contributed by atoms with E-state index in [0.29, 0.717) is 32.2 Å². The Balaban J connectivity index is 4.35. The number of hydrogen-bond donors (Lipinski definition) is 3. The van der Waals surface area contributed by atoms with Crippen LogP contribution in [0.15, 0.2) is 24.3 Å². The predicted molar refractivity (Wildman–Crippen MR) is 216 cm³/mol. The lowest BCUT2D eigenvalue weighted by Crippen LogP contribution is -2.40. The normalized spacial score (nSPS) is 12.8. The van der Waals surface area contributed by atoms with E-state index in [9.17, 15) is 19.5 Å². The maximum absolute atomic E-state index is 12.7. The molecule has 7 heteroatoms. The molecule has 298 valence electrons. The smallest absolute Gasteiger partial charge is 0.326 e. The van der Waals surface area contributed by atoms with Crippen molar-refractivity contribution in [3.63, 3.8) is 0 Å². The zero-order chi connectivity index (χ0) is 37.5. The van der Waals surface area contributed by atoms with Crippen molar-refractivity contribution in [2.45, 2.75) is 231 Å². The molecule has 0 aromatic rings. The van der Waals surface area contributed by atoms with Gasteiger partial charge in [0.05, 0.1) is 0 Å². The molecule has 0 heterocycles. The fourth-order valence-corrected chi connectivity index (χ4v) is 6.45. The van der Waals surface area contributed by atoms with Crippen LogP contribution in [0.3, 0.4) is 0 Å². The van der Waals surface area contributed by atoms with Crippen molar-refractivity contribution < 1.29 is 24.2 Å².